The van der Waals surface area contributed by atoms with Crippen LogP contribution in [0.5, 0.6) is 0 Å². The van der Waals surface area contributed by atoms with Crippen molar-refractivity contribution < 1.29 is 14.0 Å². The number of para-hydroxylation sites is 1. The quantitative estimate of drug-likeness (QED) is 0.592. The molecule has 2 aliphatic rings. The second-order valence-electron chi connectivity index (χ2n) is 7.56. The Morgan fingerprint density at radius 3 is 2.74 bits per heavy atom. The van der Waals surface area contributed by atoms with Crippen LogP contribution in [-0.4, -0.2) is 11.7 Å². The molecule has 0 unspecified atom stereocenters. The molecule has 4 rings (SSSR count). The number of oxime groups is 1. The van der Waals surface area contributed by atoms with Crippen molar-refractivity contribution in [2.45, 2.75) is 40.0 Å². The van der Waals surface area contributed by atoms with Gasteiger partial charge in [0, 0.05) is 10.8 Å². The molecular formula is C19H21NO3. The number of carbonyl (C=O) groups is 1. The van der Waals surface area contributed by atoms with Gasteiger partial charge in [-0.15, -0.1) is 0 Å². The smallest absolute Gasteiger partial charge is 0.400 e. The van der Waals surface area contributed by atoms with E-state index in [9.17, 15) is 4.79 Å². The third-order valence-electron chi connectivity index (χ3n) is 6.38. The summed E-state index contributed by atoms with van der Waals surface area (Å²) >= 11 is 0. The van der Waals surface area contributed by atoms with Crippen LogP contribution in [0.25, 0.3) is 11.0 Å². The molecule has 2 bridgehead atoms. The highest BCUT2D eigenvalue weighted by Gasteiger charge is 2.60. The number of hydrogen-bond donors (Lipinski definition) is 0. The van der Waals surface area contributed by atoms with E-state index in [2.05, 4.69) is 25.9 Å². The fraction of sp³-hybridized carbons (Fsp3) is 0.474. The first-order valence-corrected chi connectivity index (χ1v) is 8.19. The SMILES string of the molecule is CC1(C)[C@@H]2CC[C@]1(C)/C(=N/OC(=O)c1cc3ccccc3o1)C2. The summed E-state index contributed by atoms with van der Waals surface area (Å²) in [7, 11) is 0. The van der Waals surface area contributed by atoms with Gasteiger partial charge in [0.05, 0.1) is 5.71 Å². The fourth-order valence-electron chi connectivity index (χ4n) is 4.29. The van der Waals surface area contributed by atoms with E-state index in [1.54, 1.807) is 6.07 Å². The molecule has 0 amide bonds. The summed E-state index contributed by atoms with van der Waals surface area (Å²) in [5.74, 6) is 0.303. The molecule has 120 valence electrons. The average Bonchev–Trinajstić information content (AvgIpc) is 3.11. The highest BCUT2D eigenvalue weighted by atomic mass is 16.7. The van der Waals surface area contributed by atoms with Crippen LogP contribution in [0.4, 0.5) is 0 Å². The van der Waals surface area contributed by atoms with E-state index in [1.165, 1.54) is 6.42 Å². The van der Waals surface area contributed by atoms with Gasteiger partial charge in [0.25, 0.3) is 0 Å². The lowest BCUT2D eigenvalue weighted by Crippen LogP contribution is -2.32. The maximum Gasteiger partial charge on any atom is 0.400 e. The topological polar surface area (TPSA) is 51.8 Å². The number of furan rings is 1. The maximum atomic E-state index is 12.2. The Bertz CT molecular complexity index is 784. The van der Waals surface area contributed by atoms with Crippen LogP contribution < -0.4 is 0 Å². The minimum absolute atomic E-state index is 0.0336. The summed E-state index contributed by atoms with van der Waals surface area (Å²) in [5, 5.41) is 5.12. The second kappa shape index (κ2) is 4.70. The molecule has 0 saturated heterocycles. The van der Waals surface area contributed by atoms with Crippen LogP contribution in [-0.2, 0) is 4.84 Å². The minimum Gasteiger partial charge on any atom is -0.449 e. The monoisotopic (exact) mass is 311 g/mol. The summed E-state index contributed by atoms with van der Waals surface area (Å²) < 4.78 is 5.53. The summed E-state index contributed by atoms with van der Waals surface area (Å²) in [4.78, 5) is 17.4. The standard InChI is InChI=1S/C19H21NO3/c1-18(2)13-8-9-19(18,3)16(11-13)20-23-17(21)15-10-12-6-4-5-7-14(12)22-15/h4-7,10,13H,8-9,11H2,1-3H3/b20-16+/t13-,19-/m1/s1. The molecular weight excluding hydrogens is 290 g/mol. The lowest BCUT2D eigenvalue weighted by molar-refractivity contribution is 0.0474. The molecule has 4 nitrogen and oxygen atoms in total. The van der Waals surface area contributed by atoms with Crippen LogP contribution >= 0.6 is 0 Å². The van der Waals surface area contributed by atoms with Crippen LogP contribution in [0, 0.1) is 16.7 Å². The molecule has 23 heavy (non-hydrogen) atoms. The van der Waals surface area contributed by atoms with Gasteiger partial charge in [0.15, 0.2) is 0 Å². The molecule has 2 fully saturated rings. The van der Waals surface area contributed by atoms with E-state index in [0.29, 0.717) is 11.5 Å². The van der Waals surface area contributed by atoms with Crippen molar-refractivity contribution in [1.29, 1.82) is 0 Å². The number of hydrogen-bond acceptors (Lipinski definition) is 4. The average molecular weight is 311 g/mol. The summed E-state index contributed by atoms with van der Waals surface area (Å²) in [6.45, 7) is 6.84. The van der Waals surface area contributed by atoms with Crippen molar-refractivity contribution in [2.75, 3.05) is 0 Å². The summed E-state index contributed by atoms with van der Waals surface area (Å²) in [5.41, 5.74) is 1.95. The third kappa shape index (κ3) is 1.97. The molecule has 2 aromatic rings. The van der Waals surface area contributed by atoms with Gasteiger partial charge in [-0.3, -0.25) is 0 Å². The highest BCUT2D eigenvalue weighted by Crippen LogP contribution is 2.64. The molecule has 1 heterocycles. The Labute approximate surface area is 135 Å². The predicted octanol–water partition coefficient (Wildman–Crippen LogP) is 4.79. The Morgan fingerprint density at radius 2 is 2.09 bits per heavy atom. The van der Waals surface area contributed by atoms with E-state index < -0.39 is 5.97 Å². The maximum absolute atomic E-state index is 12.2. The molecule has 2 aliphatic carbocycles. The third-order valence-corrected chi connectivity index (χ3v) is 6.38. The lowest BCUT2D eigenvalue weighted by atomic mass is 9.70. The largest absolute Gasteiger partial charge is 0.449 e. The van der Waals surface area contributed by atoms with Crippen molar-refractivity contribution in [1.82, 2.24) is 0 Å². The molecule has 0 radical (unpaired) electrons. The zero-order chi connectivity index (χ0) is 16.2. The van der Waals surface area contributed by atoms with Crippen LogP contribution in [0.2, 0.25) is 0 Å². The van der Waals surface area contributed by atoms with Crippen molar-refractivity contribution in [3.8, 4) is 0 Å². The van der Waals surface area contributed by atoms with E-state index in [1.807, 2.05) is 24.3 Å². The first-order valence-electron chi connectivity index (χ1n) is 8.19. The first-order chi connectivity index (χ1) is 10.9. The Kier molecular flexibility index (Phi) is 2.96. The van der Waals surface area contributed by atoms with Gasteiger partial charge in [-0.05, 0) is 42.7 Å². The van der Waals surface area contributed by atoms with Crippen LogP contribution in [0.3, 0.4) is 0 Å². The number of rotatable bonds is 2. The van der Waals surface area contributed by atoms with E-state index in [-0.39, 0.29) is 16.6 Å². The van der Waals surface area contributed by atoms with Crippen LogP contribution in [0.15, 0.2) is 39.9 Å². The number of nitrogens with zero attached hydrogens (tertiary/aromatic N) is 1. The predicted molar refractivity (Wildman–Crippen MR) is 88.3 cm³/mol. The Morgan fingerprint density at radius 1 is 1.30 bits per heavy atom. The second-order valence-corrected chi connectivity index (χ2v) is 7.56. The van der Waals surface area contributed by atoms with Crippen molar-refractivity contribution in [3.05, 3.63) is 36.1 Å². The molecule has 1 aromatic carbocycles. The van der Waals surface area contributed by atoms with Crippen molar-refractivity contribution in [2.24, 2.45) is 21.9 Å². The molecule has 2 atom stereocenters. The van der Waals surface area contributed by atoms with E-state index in [0.717, 1.165) is 23.9 Å². The van der Waals surface area contributed by atoms with Crippen molar-refractivity contribution in [3.63, 3.8) is 0 Å². The van der Waals surface area contributed by atoms with Gasteiger partial charge in [-0.2, -0.15) is 0 Å². The normalized spacial score (nSPS) is 30.2. The van der Waals surface area contributed by atoms with E-state index in [4.69, 9.17) is 9.25 Å². The van der Waals surface area contributed by atoms with E-state index >= 15 is 0 Å². The fourth-order valence-corrected chi connectivity index (χ4v) is 4.29. The first kappa shape index (κ1) is 14.5. The zero-order valence-corrected chi connectivity index (χ0v) is 13.8. The van der Waals surface area contributed by atoms with Gasteiger partial charge >= 0.3 is 5.97 Å². The van der Waals surface area contributed by atoms with Gasteiger partial charge in [-0.1, -0.05) is 44.1 Å². The molecule has 4 heteroatoms. The van der Waals surface area contributed by atoms with Gasteiger partial charge in [0.1, 0.15) is 5.58 Å². The minimum atomic E-state index is -0.530. The zero-order valence-electron chi connectivity index (χ0n) is 13.8. The number of benzene rings is 1. The number of carbonyl (C=O) groups excluding carboxylic acids is 1. The van der Waals surface area contributed by atoms with Gasteiger partial charge in [0.2, 0.25) is 5.76 Å². The molecule has 0 N–H and O–H groups in total. The molecule has 2 saturated carbocycles. The summed E-state index contributed by atoms with van der Waals surface area (Å²) in [6.07, 6.45) is 3.28. The lowest BCUT2D eigenvalue weighted by Gasteiger charge is -2.34. The summed E-state index contributed by atoms with van der Waals surface area (Å²) in [6, 6.07) is 9.22. The number of fused-ring (bicyclic) bond motifs is 3. The van der Waals surface area contributed by atoms with Crippen LogP contribution in [0.1, 0.15) is 50.6 Å². The molecule has 0 spiro atoms. The molecule has 0 aliphatic heterocycles. The Hall–Kier alpha value is -2.10. The Balaban J connectivity index is 1.56. The molecule has 1 aromatic heterocycles. The highest BCUT2D eigenvalue weighted by molar-refractivity contribution is 5.96. The van der Waals surface area contributed by atoms with Gasteiger partial charge < -0.3 is 9.25 Å². The van der Waals surface area contributed by atoms with Gasteiger partial charge in [-0.25, -0.2) is 4.79 Å². The van der Waals surface area contributed by atoms with Crippen molar-refractivity contribution >= 4 is 22.7 Å².